The lowest BCUT2D eigenvalue weighted by Gasteiger charge is -2.02. The van der Waals surface area contributed by atoms with Crippen LogP contribution < -0.4 is 16.7 Å². The fourth-order valence-corrected chi connectivity index (χ4v) is 0.733. The van der Waals surface area contributed by atoms with Gasteiger partial charge in [0, 0.05) is 18.8 Å². The largest absolute Gasteiger partial charge is 0.346 e. The van der Waals surface area contributed by atoms with E-state index in [9.17, 15) is 9.59 Å². The molecule has 0 aliphatic carbocycles. The van der Waals surface area contributed by atoms with E-state index in [0.29, 0.717) is 5.56 Å². The molecular formula is C6H9N3O2. The minimum absolute atomic E-state index is 0.346. The van der Waals surface area contributed by atoms with Crippen LogP contribution in [-0.4, -0.2) is 16.7 Å². The van der Waals surface area contributed by atoms with E-state index in [-0.39, 0.29) is 5.56 Å². The Balaban J connectivity index is 3.45. The molecule has 0 spiro atoms. The Morgan fingerprint density at radius 2 is 2.18 bits per heavy atom. The Bertz CT molecular complexity index is 363. The minimum atomic E-state index is -0.455. The molecule has 0 saturated heterocycles. The van der Waals surface area contributed by atoms with Crippen molar-refractivity contribution in [3.8, 4) is 0 Å². The van der Waals surface area contributed by atoms with Crippen LogP contribution in [0.25, 0.3) is 0 Å². The molecule has 0 unspecified atom stereocenters. The summed E-state index contributed by atoms with van der Waals surface area (Å²) in [4.78, 5) is 23.8. The third-order valence-electron chi connectivity index (χ3n) is 1.36. The van der Waals surface area contributed by atoms with Gasteiger partial charge in [0.25, 0.3) is 5.56 Å². The first-order valence-electron chi connectivity index (χ1n) is 3.15. The van der Waals surface area contributed by atoms with Gasteiger partial charge < -0.3 is 5.43 Å². The number of aromatic amines is 1. The lowest BCUT2D eigenvalue weighted by Crippen LogP contribution is -2.34. The predicted octanol–water partition coefficient (Wildman–Crippen LogP) is -0.982. The second-order valence-electron chi connectivity index (χ2n) is 2.16. The van der Waals surface area contributed by atoms with Gasteiger partial charge in [0.1, 0.15) is 0 Å². The zero-order valence-corrected chi connectivity index (χ0v) is 6.34. The number of aryl methyl sites for hydroxylation is 1. The molecule has 1 aromatic rings. The van der Waals surface area contributed by atoms with Crippen molar-refractivity contribution >= 4 is 0 Å². The van der Waals surface area contributed by atoms with Crippen LogP contribution >= 0.6 is 0 Å². The normalized spacial score (nSPS) is 9.64. The van der Waals surface area contributed by atoms with Gasteiger partial charge in [-0.05, 0) is 6.92 Å². The number of H-pyrrole nitrogens is 1. The van der Waals surface area contributed by atoms with Crippen LogP contribution in [0.2, 0.25) is 0 Å². The Morgan fingerprint density at radius 3 is 2.73 bits per heavy atom. The molecule has 0 atom stereocenters. The molecular weight excluding hydrogens is 146 g/mol. The van der Waals surface area contributed by atoms with Gasteiger partial charge in [-0.15, -0.1) is 0 Å². The zero-order chi connectivity index (χ0) is 8.43. The van der Waals surface area contributed by atoms with E-state index in [4.69, 9.17) is 0 Å². The van der Waals surface area contributed by atoms with Crippen LogP contribution in [0.15, 0.2) is 15.8 Å². The lowest BCUT2D eigenvalue weighted by molar-refractivity contribution is 0.800. The summed E-state index contributed by atoms with van der Waals surface area (Å²) in [5.41, 5.74) is 2.30. The average molecular weight is 155 g/mol. The highest BCUT2D eigenvalue weighted by atomic mass is 16.2. The maximum absolute atomic E-state index is 10.9. The monoisotopic (exact) mass is 155 g/mol. The molecule has 0 aromatic carbocycles. The first-order chi connectivity index (χ1) is 5.15. The fraction of sp³-hybridized carbons (Fsp3) is 0.333. The van der Waals surface area contributed by atoms with Gasteiger partial charge in [-0.1, -0.05) is 0 Å². The van der Waals surface area contributed by atoms with Crippen molar-refractivity contribution in [1.29, 1.82) is 0 Å². The van der Waals surface area contributed by atoms with Gasteiger partial charge in [0.05, 0.1) is 0 Å². The van der Waals surface area contributed by atoms with Crippen LogP contribution in [-0.2, 0) is 0 Å². The van der Waals surface area contributed by atoms with Gasteiger partial charge in [-0.2, -0.15) is 0 Å². The molecule has 1 aromatic heterocycles. The van der Waals surface area contributed by atoms with Crippen molar-refractivity contribution < 1.29 is 0 Å². The van der Waals surface area contributed by atoms with E-state index in [2.05, 4.69) is 10.4 Å². The lowest BCUT2D eigenvalue weighted by atomic mass is 10.4. The number of nitrogens with one attached hydrogen (secondary N) is 2. The summed E-state index contributed by atoms with van der Waals surface area (Å²) < 4.78 is 1.21. The van der Waals surface area contributed by atoms with Crippen molar-refractivity contribution in [3.05, 3.63) is 32.6 Å². The minimum Gasteiger partial charge on any atom is -0.325 e. The second kappa shape index (κ2) is 2.61. The molecule has 11 heavy (non-hydrogen) atoms. The van der Waals surface area contributed by atoms with E-state index < -0.39 is 5.69 Å². The predicted molar refractivity (Wildman–Crippen MR) is 41.3 cm³/mol. The Morgan fingerprint density at radius 1 is 1.55 bits per heavy atom. The first-order valence-corrected chi connectivity index (χ1v) is 3.15. The SMILES string of the molecule is CNn1cc(C)c(=O)[nH]c1=O. The number of nitrogens with zero attached hydrogens (tertiary/aromatic N) is 1. The van der Waals surface area contributed by atoms with Crippen molar-refractivity contribution in [3.63, 3.8) is 0 Å². The maximum atomic E-state index is 10.9. The van der Waals surface area contributed by atoms with E-state index in [1.165, 1.54) is 10.9 Å². The van der Waals surface area contributed by atoms with Crippen molar-refractivity contribution in [2.75, 3.05) is 12.5 Å². The first kappa shape index (κ1) is 7.59. The fourth-order valence-electron chi connectivity index (χ4n) is 0.733. The summed E-state index contributed by atoms with van der Waals surface area (Å²) in [7, 11) is 1.60. The molecule has 0 amide bonds. The smallest absolute Gasteiger partial charge is 0.325 e. The highest BCUT2D eigenvalue weighted by Gasteiger charge is 1.96. The molecule has 1 rings (SSSR count). The van der Waals surface area contributed by atoms with E-state index >= 15 is 0 Å². The number of hydrogen-bond donors (Lipinski definition) is 2. The van der Waals surface area contributed by atoms with Crippen LogP contribution in [0.3, 0.4) is 0 Å². The summed E-state index contributed by atoms with van der Waals surface area (Å²) >= 11 is 0. The quantitative estimate of drug-likeness (QED) is 0.547. The Kier molecular flexibility index (Phi) is 1.80. The van der Waals surface area contributed by atoms with Gasteiger partial charge in [0.15, 0.2) is 0 Å². The maximum Gasteiger partial charge on any atom is 0.346 e. The molecule has 0 saturated carbocycles. The number of rotatable bonds is 1. The van der Waals surface area contributed by atoms with Crippen molar-refractivity contribution in [2.24, 2.45) is 0 Å². The molecule has 0 bridgehead atoms. The van der Waals surface area contributed by atoms with Gasteiger partial charge in [-0.3, -0.25) is 9.78 Å². The molecule has 0 aliphatic rings. The average Bonchev–Trinajstić information content (AvgIpc) is 1.97. The third-order valence-corrected chi connectivity index (χ3v) is 1.36. The van der Waals surface area contributed by atoms with E-state index in [0.717, 1.165) is 0 Å². The topological polar surface area (TPSA) is 66.9 Å². The summed E-state index contributed by atoms with van der Waals surface area (Å²) in [5, 5.41) is 0. The molecule has 5 heteroatoms. The standard InChI is InChI=1S/C6H9N3O2/c1-4-3-9(7-2)6(11)8-5(4)10/h3,7H,1-2H3,(H,8,10,11). The highest BCUT2D eigenvalue weighted by molar-refractivity contribution is 5.01. The Labute approximate surface area is 62.7 Å². The van der Waals surface area contributed by atoms with Crippen LogP contribution in [0, 0.1) is 6.92 Å². The van der Waals surface area contributed by atoms with Crippen LogP contribution in [0.4, 0.5) is 0 Å². The second-order valence-corrected chi connectivity index (χ2v) is 2.16. The molecule has 5 nitrogen and oxygen atoms in total. The van der Waals surface area contributed by atoms with Crippen LogP contribution in [0.5, 0.6) is 0 Å². The van der Waals surface area contributed by atoms with E-state index in [1.54, 1.807) is 14.0 Å². The molecule has 60 valence electrons. The Hall–Kier alpha value is -1.52. The molecule has 2 N–H and O–H groups in total. The molecule has 0 radical (unpaired) electrons. The number of aromatic nitrogens is 2. The van der Waals surface area contributed by atoms with Gasteiger partial charge in [-0.25, -0.2) is 9.47 Å². The summed E-state index contributed by atoms with van der Waals surface area (Å²) in [6.07, 6.45) is 1.45. The molecule has 1 heterocycles. The van der Waals surface area contributed by atoms with Gasteiger partial charge >= 0.3 is 5.69 Å². The van der Waals surface area contributed by atoms with Crippen molar-refractivity contribution in [2.45, 2.75) is 6.92 Å². The molecule has 0 aliphatic heterocycles. The van der Waals surface area contributed by atoms with Crippen LogP contribution in [0.1, 0.15) is 5.56 Å². The van der Waals surface area contributed by atoms with E-state index in [1.807, 2.05) is 0 Å². The van der Waals surface area contributed by atoms with Crippen molar-refractivity contribution in [1.82, 2.24) is 9.66 Å². The number of hydrogen-bond acceptors (Lipinski definition) is 3. The third kappa shape index (κ3) is 1.31. The summed E-state index contributed by atoms with van der Waals surface area (Å²) in [6.45, 7) is 1.63. The van der Waals surface area contributed by atoms with Gasteiger partial charge in [0.2, 0.25) is 0 Å². The zero-order valence-electron chi connectivity index (χ0n) is 6.34. The highest BCUT2D eigenvalue weighted by Crippen LogP contribution is 1.78. The summed E-state index contributed by atoms with van der Waals surface area (Å²) in [5.74, 6) is 0. The molecule has 0 fully saturated rings. The summed E-state index contributed by atoms with van der Waals surface area (Å²) in [6, 6.07) is 0.